The van der Waals surface area contributed by atoms with E-state index in [1.807, 2.05) is 12.4 Å². The fraction of sp³-hybridized carbons (Fsp3) is 0.583. The summed E-state index contributed by atoms with van der Waals surface area (Å²) in [7, 11) is 0. The Kier molecular flexibility index (Phi) is 4.08. The lowest BCUT2D eigenvalue weighted by Crippen LogP contribution is -2.36. The molecule has 0 saturated carbocycles. The molecule has 2 nitrogen and oxygen atoms in total. The van der Waals surface area contributed by atoms with Crippen molar-refractivity contribution in [3.63, 3.8) is 0 Å². The highest BCUT2D eigenvalue weighted by Gasteiger charge is 2.12. The van der Waals surface area contributed by atoms with E-state index in [9.17, 15) is 0 Å². The Bertz CT molecular complexity index is 246. The number of hydrogen-bond acceptors (Lipinski definition) is 2. The Labute approximate surface area is 87.0 Å². The first-order valence-electron chi connectivity index (χ1n) is 5.26. The van der Waals surface area contributed by atoms with Gasteiger partial charge in [-0.25, -0.2) is 0 Å². The molecule has 1 heterocycles. The summed E-state index contributed by atoms with van der Waals surface area (Å²) in [6, 6.07) is 5.33. The van der Waals surface area contributed by atoms with Gasteiger partial charge in [-0.1, -0.05) is 0 Å². The van der Waals surface area contributed by atoms with Crippen LogP contribution in [0.4, 0.5) is 0 Å². The van der Waals surface area contributed by atoms with Crippen LogP contribution in [0.5, 0.6) is 0 Å². The molecule has 14 heavy (non-hydrogen) atoms. The lowest BCUT2D eigenvalue weighted by atomic mass is 10.2. The van der Waals surface area contributed by atoms with E-state index in [1.54, 1.807) is 0 Å². The van der Waals surface area contributed by atoms with Gasteiger partial charge in [0.05, 0.1) is 0 Å². The van der Waals surface area contributed by atoms with Crippen LogP contribution in [-0.4, -0.2) is 22.0 Å². The highest BCUT2D eigenvalue weighted by molar-refractivity contribution is 5.09. The minimum Gasteiger partial charge on any atom is -0.294 e. The van der Waals surface area contributed by atoms with Crippen molar-refractivity contribution in [1.29, 1.82) is 0 Å². The normalized spacial score (nSPS) is 11.6. The molecule has 78 valence electrons. The van der Waals surface area contributed by atoms with Crippen LogP contribution in [0.15, 0.2) is 24.5 Å². The smallest absolute Gasteiger partial charge is 0.0271 e. The van der Waals surface area contributed by atoms with E-state index in [0.29, 0.717) is 12.1 Å². The Balaban J connectivity index is 2.65. The molecule has 0 spiro atoms. The molecular weight excluding hydrogens is 172 g/mol. The van der Waals surface area contributed by atoms with Crippen molar-refractivity contribution >= 4 is 0 Å². The van der Waals surface area contributed by atoms with Crippen molar-refractivity contribution in [2.75, 3.05) is 0 Å². The summed E-state index contributed by atoms with van der Waals surface area (Å²) >= 11 is 0. The molecule has 1 aromatic heterocycles. The summed E-state index contributed by atoms with van der Waals surface area (Å²) in [6.07, 6.45) is 3.71. The van der Waals surface area contributed by atoms with Crippen LogP contribution >= 0.6 is 0 Å². The van der Waals surface area contributed by atoms with Gasteiger partial charge < -0.3 is 0 Å². The van der Waals surface area contributed by atoms with Crippen molar-refractivity contribution in [1.82, 2.24) is 9.88 Å². The van der Waals surface area contributed by atoms with Crippen molar-refractivity contribution in [2.24, 2.45) is 0 Å². The molecule has 0 radical (unpaired) electrons. The number of nitrogens with zero attached hydrogens (tertiary/aromatic N) is 2. The fourth-order valence-corrected chi connectivity index (χ4v) is 1.66. The summed E-state index contributed by atoms with van der Waals surface area (Å²) in [6.45, 7) is 9.96. The van der Waals surface area contributed by atoms with Gasteiger partial charge in [0.1, 0.15) is 0 Å². The quantitative estimate of drug-likeness (QED) is 0.729. The first-order chi connectivity index (χ1) is 6.61. The highest BCUT2D eigenvalue weighted by atomic mass is 15.2. The van der Waals surface area contributed by atoms with Crippen molar-refractivity contribution in [3.05, 3.63) is 30.1 Å². The maximum atomic E-state index is 4.02. The van der Waals surface area contributed by atoms with Crippen LogP contribution in [0.1, 0.15) is 33.3 Å². The molecule has 0 N–H and O–H groups in total. The van der Waals surface area contributed by atoms with Crippen LogP contribution in [0.25, 0.3) is 0 Å². The van der Waals surface area contributed by atoms with Crippen molar-refractivity contribution in [3.8, 4) is 0 Å². The van der Waals surface area contributed by atoms with Gasteiger partial charge in [-0.15, -0.1) is 0 Å². The van der Waals surface area contributed by atoms with E-state index < -0.39 is 0 Å². The maximum Gasteiger partial charge on any atom is 0.0271 e. The second-order valence-corrected chi connectivity index (χ2v) is 4.22. The molecule has 0 saturated heterocycles. The minimum absolute atomic E-state index is 0.586. The number of pyridine rings is 1. The molecule has 0 bridgehead atoms. The van der Waals surface area contributed by atoms with Gasteiger partial charge in [0, 0.05) is 31.0 Å². The summed E-state index contributed by atoms with van der Waals surface area (Å²) in [4.78, 5) is 6.49. The number of hydrogen-bond donors (Lipinski definition) is 0. The van der Waals surface area contributed by atoms with Gasteiger partial charge in [0.25, 0.3) is 0 Å². The molecule has 1 rings (SSSR count). The molecular formula is C12H20N2. The van der Waals surface area contributed by atoms with Crippen LogP contribution in [0.2, 0.25) is 0 Å². The van der Waals surface area contributed by atoms with E-state index in [1.165, 1.54) is 5.56 Å². The van der Waals surface area contributed by atoms with Crippen molar-refractivity contribution < 1.29 is 0 Å². The minimum atomic E-state index is 0.586. The van der Waals surface area contributed by atoms with Crippen LogP contribution in [-0.2, 0) is 6.54 Å². The molecule has 2 heteroatoms. The topological polar surface area (TPSA) is 16.1 Å². The first kappa shape index (κ1) is 11.2. The molecule has 0 fully saturated rings. The summed E-state index contributed by atoms with van der Waals surface area (Å²) in [5, 5.41) is 0. The van der Waals surface area contributed by atoms with Crippen LogP contribution in [0, 0.1) is 0 Å². The maximum absolute atomic E-state index is 4.02. The predicted octanol–water partition coefficient (Wildman–Crippen LogP) is 2.70. The van der Waals surface area contributed by atoms with E-state index in [0.717, 1.165) is 6.54 Å². The van der Waals surface area contributed by atoms with E-state index in [4.69, 9.17) is 0 Å². The molecule has 1 aromatic rings. The third-order valence-corrected chi connectivity index (χ3v) is 2.44. The monoisotopic (exact) mass is 192 g/mol. The second kappa shape index (κ2) is 5.11. The standard InChI is InChI=1S/C12H20N2/c1-10(2)14(11(3)4)9-12-5-7-13-8-6-12/h5-8,10-11H,9H2,1-4H3. The summed E-state index contributed by atoms with van der Waals surface area (Å²) in [5.74, 6) is 0. The zero-order valence-corrected chi connectivity index (χ0v) is 9.57. The van der Waals surface area contributed by atoms with Gasteiger partial charge in [-0.05, 0) is 45.4 Å². The van der Waals surface area contributed by atoms with Gasteiger partial charge in [-0.2, -0.15) is 0 Å². The van der Waals surface area contributed by atoms with Crippen LogP contribution in [0.3, 0.4) is 0 Å². The Morgan fingerprint density at radius 1 is 1.07 bits per heavy atom. The Morgan fingerprint density at radius 3 is 2.00 bits per heavy atom. The Hall–Kier alpha value is -0.890. The average Bonchev–Trinajstić information content (AvgIpc) is 2.15. The molecule has 0 atom stereocenters. The van der Waals surface area contributed by atoms with E-state index in [-0.39, 0.29) is 0 Å². The number of aromatic nitrogens is 1. The fourth-order valence-electron chi connectivity index (χ4n) is 1.66. The van der Waals surface area contributed by atoms with Gasteiger partial charge in [0.15, 0.2) is 0 Å². The first-order valence-corrected chi connectivity index (χ1v) is 5.26. The summed E-state index contributed by atoms with van der Waals surface area (Å²) < 4.78 is 0. The Morgan fingerprint density at radius 2 is 1.57 bits per heavy atom. The predicted molar refractivity (Wildman–Crippen MR) is 60.1 cm³/mol. The van der Waals surface area contributed by atoms with Gasteiger partial charge in [-0.3, -0.25) is 9.88 Å². The molecule has 0 aliphatic rings. The molecule has 0 amide bonds. The lowest BCUT2D eigenvalue weighted by Gasteiger charge is -2.30. The van der Waals surface area contributed by atoms with E-state index >= 15 is 0 Å². The molecule has 0 unspecified atom stereocenters. The average molecular weight is 192 g/mol. The van der Waals surface area contributed by atoms with Gasteiger partial charge in [0.2, 0.25) is 0 Å². The second-order valence-electron chi connectivity index (χ2n) is 4.22. The highest BCUT2D eigenvalue weighted by Crippen LogP contribution is 2.10. The van der Waals surface area contributed by atoms with Crippen molar-refractivity contribution in [2.45, 2.75) is 46.3 Å². The van der Waals surface area contributed by atoms with E-state index in [2.05, 4.69) is 49.7 Å². The zero-order valence-electron chi connectivity index (χ0n) is 9.57. The summed E-state index contributed by atoms with van der Waals surface area (Å²) in [5.41, 5.74) is 1.34. The number of rotatable bonds is 4. The largest absolute Gasteiger partial charge is 0.294 e. The zero-order chi connectivity index (χ0) is 10.6. The van der Waals surface area contributed by atoms with Crippen LogP contribution < -0.4 is 0 Å². The molecule has 0 aliphatic heterocycles. The third kappa shape index (κ3) is 3.11. The third-order valence-electron chi connectivity index (χ3n) is 2.44. The molecule has 0 aromatic carbocycles. The molecule has 0 aliphatic carbocycles. The lowest BCUT2D eigenvalue weighted by molar-refractivity contribution is 0.166. The SMILES string of the molecule is CC(C)N(Cc1ccncc1)C(C)C. The van der Waals surface area contributed by atoms with Gasteiger partial charge >= 0.3 is 0 Å².